The molecule has 1 aliphatic heterocycles. The number of carbonyl (C=O) groups is 1. The average molecular weight is 193 g/mol. The van der Waals surface area contributed by atoms with Crippen molar-refractivity contribution in [2.75, 3.05) is 0 Å². The Hall–Kier alpha value is -1.09. The molecule has 0 spiro atoms. The van der Waals surface area contributed by atoms with E-state index in [0.29, 0.717) is 0 Å². The van der Waals surface area contributed by atoms with Crippen LogP contribution in [-0.2, 0) is 9.53 Å². The summed E-state index contributed by atoms with van der Waals surface area (Å²) in [7, 11) is 0. The van der Waals surface area contributed by atoms with Gasteiger partial charge in [0.15, 0.2) is 0 Å². The number of rotatable bonds is 0. The minimum absolute atomic E-state index is 0.0995. The molecule has 2 rings (SSSR count). The summed E-state index contributed by atoms with van der Waals surface area (Å²) < 4.78 is 5.28. The SMILES string of the molecule is CC1=CC(=O)OC2C1=CCC(N)C2C. The third-order valence-corrected chi connectivity index (χ3v) is 3.10. The van der Waals surface area contributed by atoms with E-state index in [-0.39, 0.29) is 24.0 Å². The molecule has 3 atom stereocenters. The van der Waals surface area contributed by atoms with Crippen molar-refractivity contribution in [3.63, 3.8) is 0 Å². The van der Waals surface area contributed by atoms with E-state index < -0.39 is 0 Å². The van der Waals surface area contributed by atoms with E-state index in [1.54, 1.807) is 6.08 Å². The summed E-state index contributed by atoms with van der Waals surface area (Å²) in [4.78, 5) is 11.2. The van der Waals surface area contributed by atoms with Crippen molar-refractivity contribution in [1.82, 2.24) is 0 Å². The maximum absolute atomic E-state index is 11.2. The Labute approximate surface area is 83.6 Å². The van der Waals surface area contributed by atoms with Crippen molar-refractivity contribution in [1.29, 1.82) is 0 Å². The molecule has 14 heavy (non-hydrogen) atoms. The minimum atomic E-state index is -0.245. The van der Waals surface area contributed by atoms with Gasteiger partial charge in [0.2, 0.25) is 0 Å². The van der Waals surface area contributed by atoms with Gasteiger partial charge < -0.3 is 10.5 Å². The Kier molecular flexibility index (Phi) is 2.19. The van der Waals surface area contributed by atoms with E-state index in [4.69, 9.17) is 10.5 Å². The monoisotopic (exact) mass is 193 g/mol. The highest BCUT2D eigenvalue weighted by Crippen LogP contribution is 2.33. The van der Waals surface area contributed by atoms with Crippen LogP contribution in [0, 0.1) is 5.92 Å². The largest absolute Gasteiger partial charge is 0.454 e. The molecule has 0 amide bonds. The number of carbonyl (C=O) groups excluding carboxylic acids is 1. The first-order valence-electron chi connectivity index (χ1n) is 4.94. The van der Waals surface area contributed by atoms with E-state index >= 15 is 0 Å². The minimum Gasteiger partial charge on any atom is -0.454 e. The molecule has 0 radical (unpaired) electrons. The molecule has 2 N–H and O–H groups in total. The number of hydrogen-bond acceptors (Lipinski definition) is 3. The van der Waals surface area contributed by atoms with Gasteiger partial charge in [-0.05, 0) is 24.5 Å². The quantitative estimate of drug-likeness (QED) is 0.587. The highest BCUT2D eigenvalue weighted by atomic mass is 16.5. The molecule has 0 bridgehead atoms. The molecule has 3 unspecified atom stereocenters. The molecule has 0 aromatic heterocycles. The summed E-state index contributed by atoms with van der Waals surface area (Å²) >= 11 is 0. The summed E-state index contributed by atoms with van der Waals surface area (Å²) in [5.41, 5.74) is 8.08. The molecule has 0 aromatic rings. The number of esters is 1. The van der Waals surface area contributed by atoms with Gasteiger partial charge in [0, 0.05) is 18.0 Å². The first-order chi connectivity index (χ1) is 6.59. The predicted octanol–water partition coefficient (Wildman–Crippen LogP) is 1.15. The highest BCUT2D eigenvalue weighted by molar-refractivity contribution is 5.85. The molecule has 2 aliphatic rings. The second-order valence-corrected chi connectivity index (χ2v) is 4.10. The van der Waals surface area contributed by atoms with Crippen molar-refractivity contribution in [2.45, 2.75) is 32.4 Å². The molecular weight excluding hydrogens is 178 g/mol. The van der Waals surface area contributed by atoms with Crippen molar-refractivity contribution in [3.8, 4) is 0 Å². The number of nitrogens with two attached hydrogens (primary N) is 1. The summed E-state index contributed by atoms with van der Waals surface area (Å²) in [5.74, 6) is -0.0341. The van der Waals surface area contributed by atoms with Gasteiger partial charge in [0.25, 0.3) is 0 Å². The zero-order valence-electron chi connectivity index (χ0n) is 8.49. The fourth-order valence-corrected chi connectivity index (χ4v) is 2.08. The number of ether oxygens (including phenoxy) is 1. The smallest absolute Gasteiger partial charge is 0.331 e. The van der Waals surface area contributed by atoms with Gasteiger partial charge in [-0.2, -0.15) is 0 Å². The number of fused-ring (bicyclic) bond motifs is 1. The maximum Gasteiger partial charge on any atom is 0.331 e. The standard InChI is InChI=1S/C11H15NO2/c1-6-5-10(13)14-11-7(2)9(12)4-3-8(6)11/h3,5,7,9,11H,4,12H2,1-2H3. The van der Waals surface area contributed by atoms with Gasteiger partial charge in [-0.25, -0.2) is 4.79 Å². The second kappa shape index (κ2) is 3.24. The van der Waals surface area contributed by atoms with E-state index in [0.717, 1.165) is 17.6 Å². The summed E-state index contributed by atoms with van der Waals surface area (Å²) in [5, 5.41) is 0. The lowest BCUT2D eigenvalue weighted by Gasteiger charge is -2.36. The third kappa shape index (κ3) is 1.38. The van der Waals surface area contributed by atoms with Crippen molar-refractivity contribution >= 4 is 5.97 Å². The summed E-state index contributed by atoms with van der Waals surface area (Å²) in [6, 6.07) is 0.0995. The summed E-state index contributed by atoms with van der Waals surface area (Å²) in [6.07, 6.45) is 4.38. The lowest BCUT2D eigenvalue weighted by Crippen LogP contribution is -2.43. The molecule has 3 nitrogen and oxygen atoms in total. The first kappa shape index (κ1) is 9.46. The van der Waals surface area contributed by atoms with Crippen LogP contribution >= 0.6 is 0 Å². The molecule has 76 valence electrons. The van der Waals surface area contributed by atoms with Crippen LogP contribution in [0.4, 0.5) is 0 Å². The van der Waals surface area contributed by atoms with Crippen LogP contribution in [0.3, 0.4) is 0 Å². The Morgan fingerprint density at radius 2 is 2.29 bits per heavy atom. The molecule has 0 saturated carbocycles. The molecule has 1 aliphatic carbocycles. The lowest BCUT2D eigenvalue weighted by molar-refractivity contribution is -0.144. The van der Waals surface area contributed by atoms with Gasteiger partial charge in [0.05, 0.1) is 0 Å². The number of hydrogen-bond donors (Lipinski definition) is 1. The van der Waals surface area contributed by atoms with Crippen LogP contribution in [-0.4, -0.2) is 18.1 Å². The van der Waals surface area contributed by atoms with Crippen LogP contribution in [0.25, 0.3) is 0 Å². The van der Waals surface area contributed by atoms with E-state index in [9.17, 15) is 4.79 Å². The van der Waals surface area contributed by atoms with Crippen molar-refractivity contribution < 1.29 is 9.53 Å². The van der Waals surface area contributed by atoms with Gasteiger partial charge in [-0.15, -0.1) is 0 Å². The average Bonchev–Trinajstić information content (AvgIpc) is 2.12. The van der Waals surface area contributed by atoms with Crippen molar-refractivity contribution in [3.05, 3.63) is 23.3 Å². The zero-order valence-corrected chi connectivity index (χ0v) is 8.49. The van der Waals surface area contributed by atoms with Crippen LogP contribution in [0.1, 0.15) is 20.3 Å². The van der Waals surface area contributed by atoms with Crippen molar-refractivity contribution in [2.24, 2.45) is 11.7 Å². The van der Waals surface area contributed by atoms with Crippen LogP contribution in [0.2, 0.25) is 0 Å². The van der Waals surface area contributed by atoms with E-state index in [2.05, 4.69) is 6.08 Å². The van der Waals surface area contributed by atoms with Gasteiger partial charge in [0.1, 0.15) is 6.10 Å². The molecular formula is C11H15NO2. The Morgan fingerprint density at radius 1 is 1.57 bits per heavy atom. The van der Waals surface area contributed by atoms with E-state index in [1.165, 1.54) is 0 Å². The Bertz CT molecular complexity index is 330. The first-order valence-corrected chi connectivity index (χ1v) is 4.94. The lowest BCUT2D eigenvalue weighted by atomic mass is 9.80. The third-order valence-electron chi connectivity index (χ3n) is 3.10. The molecule has 0 aromatic carbocycles. The normalized spacial score (nSPS) is 36.8. The Balaban J connectivity index is 2.37. The fraction of sp³-hybridized carbons (Fsp3) is 0.545. The summed E-state index contributed by atoms with van der Waals surface area (Å²) in [6.45, 7) is 3.98. The molecule has 3 heteroatoms. The predicted molar refractivity (Wildman–Crippen MR) is 53.5 cm³/mol. The van der Waals surface area contributed by atoms with Gasteiger partial charge in [-0.3, -0.25) is 0 Å². The van der Waals surface area contributed by atoms with Gasteiger partial charge >= 0.3 is 5.97 Å². The van der Waals surface area contributed by atoms with Crippen LogP contribution < -0.4 is 5.73 Å². The highest BCUT2D eigenvalue weighted by Gasteiger charge is 2.35. The topological polar surface area (TPSA) is 52.3 Å². The van der Waals surface area contributed by atoms with Crippen LogP contribution in [0.5, 0.6) is 0 Å². The Morgan fingerprint density at radius 3 is 3.00 bits per heavy atom. The maximum atomic E-state index is 11.2. The molecule has 1 heterocycles. The fourth-order valence-electron chi connectivity index (χ4n) is 2.08. The van der Waals surface area contributed by atoms with E-state index in [1.807, 2.05) is 13.8 Å². The molecule has 0 saturated heterocycles. The molecule has 0 fully saturated rings. The second-order valence-electron chi connectivity index (χ2n) is 4.10. The van der Waals surface area contributed by atoms with Gasteiger partial charge in [-0.1, -0.05) is 13.0 Å². The van der Waals surface area contributed by atoms with Crippen LogP contribution in [0.15, 0.2) is 23.3 Å². The zero-order chi connectivity index (χ0) is 10.3.